The summed E-state index contributed by atoms with van der Waals surface area (Å²) >= 11 is 12.1. The number of rotatable bonds is 4. The molecule has 0 fully saturated rings. The Morgan fingerprint density at radius 1 is 1.21 bits per heavy atom. The molecule has 0 bridgehead atoms. The quantitative estimate of drug-likeness (QED) is 0.452. The van der Waals surface area contributed by atoms with E-state index >= 15 is 0 Å². The largest absolute Gasteiger partial charge is 0.463 e. The first kappa shape index (κ1) is 19.5. The van der Waals surface area contributed by atoms with E-state index in [2.05, 4.69) is 10.1 Å². The molecular weight excluding hydrogens is 411 g/mol. The summed E-state index contributed by atoms with van der Waals surface area (Å²) in [6, 6.07) is 10.7. The number of amides is 1. The van der Waals surface area contributed by atoms with E-state index in [4.69, 9.17) is 27.6 Å². The van der Waals surface area contributed by atoms with Crippen LogP contribution in [0.25, 0.3) is 22.5 Å². The summed E-state index contributed by atoms with van der Waals surface area (Å²) in [6.07, 6.45) is 1.58. The first-order valence-electron chi connectivity index (χ1n) is 8.92. The Morgan fingerprint density at radius 2 is 2.00 bits per heavy atom. The minimum Gasteiger partial charge on any atom is -0.463 e. The number of hydrogen-bond donors (Lipinski definition) is 0. The molecule has 0 N–H and O–H groups in total. The molecule has 0 atom stereocenters. The number of hydrogen-bond acceptors (Lipinski definition) is 4. The highest BCUT2D eigenvalue weighted by Gasteiger charge is 2.22. The van der Waals surface area contributed by atoms with Crippen molar-refractivity contribution >= 4 is 40.1 Å². The number of fused-ring (bicyclic) bond motifs is 1. The second-order valence-electron chi connectivity index (χ2n) is 6.85. The lowest BCUT2D eigenvalue weighted by Crippen LogP contribution is -2.26. The molecule has 1 aromatic carbocycles. The number of aromatic nitrogens is 3. The normalized spacial score (nSPS) is 11.2. The van der Waals surface area contributed by atoms with Crippen LogP contribution in [0.15, 0.2) is 47.1 Å². The van der Waals surface area contributed by atoms with Gasteiger partial charge in [0.1, 0.15) is 5.69 Å². The van der Waals surface area contributed by atoms with E-state index in [9.17, 15) is 4.79 Å². The molecule has 148 valence electrons. The SMILES string of the molecule is Cc1nn(C)c2nc(-c3ccco3)cc(C(=O)N(C)Cc3ccc(Cl)c(Cl)c3)c12. The Balaban J connectivity index is 1.77. The Hall–Kier alpha value is -2.83. The number of benzene rings is 1. The molecule has 0 aliphatic carbocycles. The number of nitrogens with zero attached hydrogens (tertiary/aromatic N) is 4. The molecular formula is C21H18Cl2N4O2. The van der Waals surface area contributed by atoms with E-state index in [1.165, 1.54) is 0 Å². The van der Waals surface area contributed by atoms with Crippen LogP contribution >= 0.6 is 23.2 Å². The molecule has 0 aliphatic heterocycles. The van der Waals surface area contributed by atoms with Crippen LogP contribution in [0.4, 0.5) is 0 Å². The van der Waals surface area contributed by atoms with Crippen LogP contribution in [0.3, 0.4) is 0 Å². The van der Waals surface area contributed by atoms with E-state index in [-0.39, 0.29) is 5.91 Å². The van der Waals surface area contributed by atoms with Gasteiger partial charge in [-0.2, -0.15) is 5.10 Å². The summed E-state index contributed by atoms with van der Waals surface area (Å²) in [7, 11) is 3.55. The summed E-state index contributed by atoms with van der Waals surface area (Å²) in [4.78, 5) is 19.7. The third kappa shape index (κ3) is 3.61. The van der Waals surface area contributed by atoms with Gasteiger partial charge in [-0.3, -0.25) is 9.48 Å². The zero-order valence-corrected chi connectivity index (χ0v) is 17.6. The van der Waals surface area contributed by atoms with Crippen molar-refractivity contribution < 1.29 is 9.21 Å². The van der Waals surface area contributed by atoms with Gasteiger partial charge in [0.2, 0.25) is 0 Å². The number of furan rings is 1. The van der Waals surface area contributed by atoms with Gasteiger partial charge in [0.15, 0.2) is 11.4 Å². The molecule has 0 saturated heterocycles. The second-order valence-corrected chi connectivity index (χ2v) is 7.66. The molecule has 8 heteroatoms. The Morgan fingerprint density at radius 3 is 2.69 bits per heavy atom. The van der Waals surface area contributed by atoms with E-state index in [0.29, 0.717) is 39.3 Å². The zero-order chi connectivity index (χ0) is 20.7. The van der Waals surface area contributed by atoms with Crippen molar-refractivity contribution in [3.8, 4) is 11.5 Å². The number of carbonyl (C=O) groups is 1. The van der Waals surface area contributed by atoms with Crippen molar-refractivity contribution in [2.24, 2.45) is 7.05 Å². The van der Waals surface area contributed by atoms with Crippen molar-refractivity contribution in [2.45, 2.75) is 13.5 Å². The predicted molar refractivity (Wildman–Crippen MR) is 113 cm³/mol. The minimum absolute atomic E-state index is 0.146. The molecule has 0 spiro atoms. The second kappa shape index (κ2) is 7.54. The van der Waals surface area contributed by atoms with Crippen LogP contribution in [-0.4, -0.2) is 32.6 Å². The molecule has 0 saturated carbocycles. The lowest BCUT2D eigenvalue weighted by Gasteiger charge is -2.18. The summed E-state index contributed by atoms with van der Waals surface area (Å²) in [5.74, 6) is 0.444. The van der Waals surface area contributed by atoms with Crippen LogP contribution in [0, 0.1) is 6.92 Å². The molecule has 4 rings (SSSR count). The van der Waals surface area contributed by atoms with E-state index in [1.807, 2.05) is 26.1 Å². The first-order chi connectivity index (χ1) is 13.8. The molecule has 0 aliphatic rings. The first-order valence-corrected chi connectivity index (χ1v) is 9.68. The Bertz CT molecular complexity index is 1220. The highest BCUT2D eigenvalue weighted by molar-refractivity contribution is 6.42. The monoisotopic (exact) mass is 428 g/mol. The molecule has 1 amide bonds. The van der Waals surface area contributed by atoms with Crippen molar-refractivity contribution in [3.63, 3.8) is 0 Å². The molecule has 4 aromatic rings. The van der Waals surface area contributed by atoms with Crippen LogP contribution < -0.4 is 0 Å². The van der Waals surface area contributed by atoms with Gasteiger partial charge in [-0.15, -0.1) is 0 Å². The van der Waals surface area contributed by atoms with Gasteiger partial charge < -0.3 is 9.32 Å². The van der Waals surface area contributed by atoms with Crippen LogP contribution in [-0.2, 0) is 13.6 Å². The Kier molecular flexibility index (Phi) is 5.06. The zero-order valence-electron chi connectivity index (χ0n) is 16.1. The molecule has 3 aromatic heterocycles. The standard InChI is InChI=1S/C21H18Cl2N4O2/c1-12-19-14(21(28)26(2)11-13-6-7-15(22)16(23)9-13)10-17(18-5-4-8-29-18)24-20(19)27(3)25-12/h4-10H,11H2,1-3H3. The third-order valence-electron chi connectivity index (χ3n) is 4.72. The summed E-state index contributed by atoms with van der Waals surface area (Å²) in [5, 5.41) is 6.11. The topological polar surface area (TPSA) is 64.2 Å². The maximum absolute atomic E-state index is 13.4. The third-order valence-corrected chi connectivity index (χ3v) is 5.46. The van der Waals surface area contributed by atoms with Crippen molar-refractivity contribution in [1.82, 2.24) is 19.7 Å². The summed E-state index contributed by atoms with van der Waals surface area (Å²) in [5.41, 5.74) is 3.36. The van der Waals surface area contributed by atoms with Crippen molar-refractivity contribution in [3.05, 3.63) is 69.5 Å². The summed E-state index contributed by atoms with van der Waals surface area (Å²) in [6.45, 7) is 2.25. The molecule has 0 unspecified atom stereocenters. The summed E-state index contributed by atoms with van der Waals surface area (Å²) < 4.78 is 7.16. The van der Waals surface area contributed by atoms with Gasteiger partial charge in [-0.05, 0) is 42.8 Å². The fourth-order valence-electron chi connectivity index (χ4n) is 3.35. The maximum atomic E-state index is 13.4. The van der Waals surface area contributed by atoms with E-state index in [1.54, 1.807) is 47.2 Å². The van der Waals surface area contributed by atoms with Crippen LogP contribution in [0.2, 0.25) is 10.0 Å². The average molecular weight is 429 g/mol. The van der Waals surface area contributed by atoms with Crippen LogP contribution in [0.5, 0.6) is 0 Å². The predicted octanol–water partition coefficient (Wildman–Crippen LogP) is 5.12. The average Bonchev–Trinajstić information content (AvgIpc) is 3.32. The van der Waals surface area contributed by atoms with Gasteiger partial charge in [0.05, 0.1) is 33.0 Å². The molecule has 3 heterocycles. The molecule has 0 radical (unpaired) electrons. The fraction of sp³-hybridized carbons (Fsp3) is 0.190. The van der Waals surface area contributed by atoms with Crippen LogP contribution in [0.1, 0.15) is 21.6 Å². The number of pyridine rings is 1. The van der Waals surface area contributed by atoms with Gasteiger partial charge >= 0.3 is 0 Å². The lowest BCUT2D eigenvalue weighted by molar-refractivity contribution is 0.0787. The Labute approximate surface area is 177 Å². The molecule has 6 nitrogen and oxygen atoms in total. The van der Waals surface area contributed by atoms with Gasteiger partial charge in [-0.1, -0.05) is 29.3 Å². The van der Waals surface area contributed by atoms with E-state index in [0.717, 1.165) is 16.6 Å². The van der Waals surface area contributed by atoms with E-state index < -0.39 is 0 Å². The van der Waals surface area contributed by atoms with Crippen molar-refractivity contribution in [2.75, 3.05) is 7.05 Å². The number of halogens is 2. The van der Waals surface area contributed by atoms with Crippen molar-refractivity contribution in [1.29, 1.82) is 0 Å². The highest BCUT2D eigenvalue weighted by atomic mass is 35.5. The smallest absolute Gasteiger partial charge is 0.254 e. The van der Waals surface area contributed by atoms with Gasteiger partial charge in [0, 0.05) is 20.6 Å². The lowest BCUT2D eigenvalue weighted by atomic mass is 10.1. The fourth-order valence-corrected chi connectivity index (χ4v) is 3.67. The number of aryl methyl sites for hydroxylation is 2. The van der Waals surface area contributed by atoms with Gasteiger partial charge in [0.25, 0.3) is 5.91 Å². The highest BCUT2D eigenvalue weighted by Crippen LogP contribution is 2.28. The molecule has 29 heavy (non-hydrogen) atoms. The van der Waals surface area contributed by atoms with Gasteiger partial charge in [-0.25, -0.2) is 4.98 Å². The number of carbonyl (C=O) groups excluding carboxylic acids is 1. The minimum atomic E-state index is -0.146. The maximum Gasteiger partial charge on any atom is 0.254 e.